The fourth-order valence-corrected chi connectivity index (χ4v) is 2.30. The number of aromatic nitrogens is 1. The molecule has 4 rings (SSSR count). The van der Waals surface area contributed by atoms with Gasteiger partial charge in [0.05, 0.1) is 5.69 Å². The Balaban J connectivity index is 0.000000529. The van der Waals surface area contributed by atoms with Crippen molar-refractivity contribution in [1.29, 1.82) is 0 Å². The Bertz CT molecular complexity index is 1140. The van der Waals surface area contributed by atoms with Gasteiger partial charge in [-0.25, -0.2) is 4.98 Å². The molecule has 0 aliphatic heterocycles. The molecule has 0 saturated heterocycles. The van der Waals surface area contributed by atoms with Crippen LogP contribution in [0.5, 0.6) is 5.75 Å². The van der Waals surface area contributed by atoms with E-state index < -0.39 is 7.81 Å². The number of benzene rings is 3. The van der Waals surface area contributed by atoms with Crippen molar-refractivity contribution in [1.82, 2.24) is 4.98 Å². The number of halogens is 7. The molecule has 0 aliphatic carbocycles. The molecular weight excluding hydrogens is 707 g/mol. The van der Waals surface area contributed by atoms with Crippen LogP contribution in [0.3, 0.4) is 0 Å². The molecule has 0 aliphatic rings. The maximum atomic E-state index is 9.87. The van der Waals surface area contributed by atoms with Gasteiger partial charge in [-0.15, -0.1) is 10.2 Å². The zero-order valence-corrected chi connectivity index (χ0v) is 22.9. The summed E-state index contributed by atoms with van der Waals surface area (Å²) in [6.07, 6.45) is 1.66. The predicted molar refractivity (Wildman–Crippen MR) is 122 cm³/mol. The van der Waals surface area contributed by atoms with Crippen molar-refractivity contribution in [2.45, 2.75) is 0 Å². The van der Waals surface area contributed by atoms with Crippen LogP contribution in [-0.2, 0) is 19.5 Å². The van der Waals surface area contributed by atoms with Gasteiger partial charge in [0.2, 0.25) is 0 Å². The van der Waals surface area contributed by atoms with E-state index in [0.29, 0.717) is 11.5 Å². The van der Waals surface area contributed by atoms with Crippen molar-refractivity contribution in [2.75, 3.05) is 0 Å². The average Bonchev–Trinajstić information content (AvgIpc) is 2.79. The Morgan fingerprint density at radius 2 is 1.00 bits per heavy atom. The van der Waals surface area contributed by atoms with E-state index in [0.717, 1.165) is 0 Å². The van der Waals surface area contributed by atoms with Gasteiger partial charge >= 0.3 is 52.5 Å². The van der Waals surface area contributed by atoms with E-state index in [9.17, 15) is 25.2 Å². The molecule has 194 valence electrons. The molecule has 0 spiro atoms. The summed E-state index contributed by atoms with van der Waals surface area (Å²) in [5.74, 6) is 0.775. The predicted octanol–water partition coefficient (Wildman–Crippen LogP) is 6.94. The van der Waals surface area contributed by atoms with E-state index in [1.165, 1.54) is 11.1 Å². The first-order valence-corrected chi connectivity index (χ1v) is 11.6. The molecule has 4 aromatic rings. The van der Waals surface area contributed by atoms with Crippen LogP contribution in [-0.4, -0.2) is 10.1 Å². The summed E-state index contributed by atoms with van der Waals surface area (Å²) in [5, 5.41) is 17.0. The molecule has 13 heteroatoms. The number of pyridine rings is 1. The number of nitrogens with zero attached hydrogens (tertiary/aromatic N) is 3. The van der Waals surface area contributed by atoms with Gasteiger partial charge in [0, 0.05) is 6.20 Å². The number of phenolic OH excluding ortho intramolecular Hbond substituents is 1. The van der Waals surface area contributed by atoms with Gasteiger partial charge in [0.25, 0.3) is 0 Å². The third kappa shape index (κ3) is 17.9. The van der Waals surface area contributed by atoms with Crippen LogP contribution < -0.4 is 24.0 Å². The number of azo groups is 1. The van der Waals surface area contributed by atoms with Crippen molar-refractivity contribution in [3.8, 4) is 16.9 Å². The third-order valence-electron chi connectivity index (χ3n) is 3.65. The molecule has 0 bridgehead atoms. The standard InChI is InChI=1S/C12H10.C11H9N3O.F6P.HI.Ru/c1-3-7-11(8-4-1)12-9-5-2-6-10-12;15-10-6-4-9(5-7-10)13-14-11-3-1-2-8-12-11;1-7(2,3,4,5)6;;/h1-10H;1-8,15H;;1H;/q;;-1;;+2/p-1. The first-order valence-electron chi connectivity index (χ1n) is 9.55. The van der Waals surface area contributed by atoms with E-state index in [1.54, 1.807) is 36.5 Å². The first kappa shape index (κ1) is 33.6. The first-order chi connectivity index (χ1) is 15.8. The van der Waals surface area contributed by atoms with E-state index in [4.69, 9.17) is 5.11 Å². The second-order valence-corrected chi connectivity index (χ2v) is 8.51. The molecule has 1 heterocycles. The summed E-state index contributed by atoms with van der Waals surface area (Å²) < 4.78 is 59.2. The molecular formula is C23H19F6IN3OPRu. The van der Waals surface area contributed by atoms with Crippen LogP contribution in [0.15, 0.2) is 120 Å². The molecule has 36 heavy (non-hydrogen) atoms. The van der Waals surface area contributed by atoms with Crippen LogP contribution in [0, 0.1) is 0 Å². The summed E-state index contributed by atoms with van der Waals surface area (Å²) in [6, 6.07) is 32.7. The van der Waals surface area contributed by atoms with Gasteiger partial charge in [-0.05, 0) is 47.5 Å². The van der Waals surface area contributed by atoms with Crippen molar-refractivity contribution in [3.05, 3.63) is 109 Å². The van der Waals surface area contributed by atoms with Gasteiger partial charge in [0.15, 0.2) is 5.82 Å². The fraction of sp³-hybridized carbons (Fsp3) is 0. The van der Waals surface area contributed by atoms with E-state index in [1.807, 2.05) is 24.3 Å². The molecule has 3 aromatic carbocycles. The molecule has 0 radical (unpaired) electrons. The van der Waals surface area contributed by atoms with Gasteiger partial charge in [-0.3, -0.25) is 0 Å². The summed E-state index contributed by atoms with van der Waals surface area (Å²) in [5.41, 5.74) is 3.23. The number of hydrogen-bond donors (Lipinski definition) is 1. The summed E-state index contributed by atoms with van der Waals surface area (Å²) in [6.45, 7) is 0. The van der Waals surface area contributed by atoms with Crippen molar-refractivity contribution >= 4 is 19.3 Å². The summed E-state index contributed by atoms with van der Waals surface area (Å²) in [7, 11) is -10.7. The van der Waals surface area contributed by atoms with Crippen LogP contribution >= 0.6 is 7.81 Å². The normalized spacial score (nSPS) is 12.2. The van der Waals surface area contributed by atoms with Gasteiger partial charge in [0.1, 0.15) is 5.75 Å². The molecule has 4 nitrogen and oxygen atoms in total. The molecule has 0 unspecified atom stereocenters. The quantitative estimate of drug-likeness (QED) is 0.0819. The average molecular weight is 726 g/mol. The van der Waals surface area contributed by atoms with Gasteiger partial charge in [-0.1, -0.05) is 66.7 Å². The minimum absolute atomic E-state index is 0. The minimum Gasteiger partial charge on any atom is -1.00 e. The maximum absolute atomic E-state index is 10.7. The Morgan fingerprint density at radius 3 is 1.39 bits per heavy atom. The minimum atomic E-state index is -10.7. The second kappa shape index (κ2) is 13.8. The number of rotatable bonds is 3. The monoisotopic (exact) mass is 727 g/mol. The second-order valence-electron chi connectivity index (χ2n) is 6.59. The Kier molecular flexibility index (Phi) is 12.8. The SMILES string of the molecule is F[P-](F)(F)(F)(F)F.Oc1ccc(N=Nc2ccccn2)cc1.[I-].[Ru+2].c1ccc(-c2ccccc2)cc1. The number of hydrogen-bond acceptors (Lipinski definition) is 4. The van der Waals surface area contributed by atoms with Crippen LogP contribution in [0.2, 0.25) is 0 Å². The van der Waals surface area contributed by atoms with Crippen LogP contribution in [0.4, 0.5) is 36.7 Å². The van der Waals surface area contributed by atoms with Gasteiger partial charge < -0.3 is 29.1 Å². The maximum Gasteiger partial charge on any atom is 2.00 e. The summed E-state index contributed by atoms with van der Waals surface area (Å²) >= 11 is 0. The zero-order valence-electron chi connectivity index (χ0n) is 18.1. The molecule has 0 atom stereocenters. The van der Waals surface area contributed by atoms with Crippen molar-refractivity contribution in [3.63, 3.8) is 0 Å². The topological polar surface area (TPSA) is 57.8 Å². The fourth-order valence-electron chi connectivity index (χ4n) is 2.30. The third-order valence-corrected chi connectivity index (χ3v) is 3.65. The number of phenols is 1. The van der Waals surface area contributed by atoms with Crippen LogP contribution in [0.25, 0.3) is 11.1 Å². The molecule has 0 amide bonds. The van der Waals surface area contributed by atoms with Gasteiger partial charge in [-0.2, -0.15) is 0 Å². The van der Waals surface area contributed by atoms with Crippen LogP contribution in [0.1, 0.15) is 0 Å². The molecule has 0 saturated carbocycles. The Hall–Kier alpha value is -2.43. The van der Waals surface area contributed by atoms with E-state index >= 15 is 0 Å². The van der Waals surface area contributed by atoms with E-state index in [2.05, 4.69) is 63.7 Å². The van der Waals surface area contributed by atoms with Crippen molar-refractivity contribution in [2.24, 2.45) is 10.2 Å². The Labute approximate surface area is 233 Å². The number of aromatic hydroxyl groups is 1. The Morgan fingerprint density at radius 1 is 0.583 bits per heavy atom. The van der Waals surface area contributed by atoms with Crippen molar-refractivity contribution < 1.29 is 73.7 Å². The molecule has 1 aromatic heterocycles. The zero-order chi connectivity index (χ0) is 25.1. The van der Waals surface area contributed by atoms with E-state index in [-0.39, 0.29) is 49.2 Å². The molecule has 1 N–H and O–H groups in total. The summed E-state index contributed by atoms with van der Waals surface area (Å²) in [4.78, 5) is 4.00. The largest absolute Gasteiger partial charge is 2.00 e. The molecule has 0 fully saturated rings. The smallest absolute Gasteiger partial charge is 1.00 e.